The summed E-state index contributed by atoms with van der Waals surface area (Å²) < 4.78 is 23.3. The number of nitrogens with zero attached hydrogens (tertiary/aromatic N) is 2. The molecule has 0 aromatic heterocycles. The van der Waals surface area contributed by atoms with E-state index in [-0.39, 0.29) is 6.03 Å². The largest absolute Gasteiger partial charge is 0.326 e. The predicted octanol–water partition coefficient (Wildman–Crippen LogP) is 6.13. The molecule has 0 atom stereocenters. The summed E-state index contributed by atoms with van der Waals surface area (Å²) in [5.74, 6) is 0.603. The average molecular weight is 540 g/mol. The van der Waals surface area contributed by atoms with Crippen molar-refractivity contribution in [2.45, 2.75) is 30.6 Å². The summed E-state index contributed by atoms with van der Waals surface area (Å²) in [6.45, 7) is 3.63. The number of rotatable bonds is 9. The number of nitrogens with one attached hydrogen (secondary N) is 1. The second kappa shape index (κ2) is 12.6. The highest BCUT2D eigenvalue weighted by atomic mass is 35.5. The number of likely N-dealkylation sites (tertiary alicyclic amines) is 1. The van der Waals surface area contributed by atoms with Gasteiger partial charge < -0.3 is 10.2 Å². The van der Waals surface area contributed by atoms with Gasteiger partial charge in [-0.05, 0) is 105 Å². The second-order valence-electron chi connectivity index (χ2n) is 9.68. The summed E-state index contributed by atoms with van der Waals surface area (Å²) in [6, 6.07) is 24.0. The van der Waals surface area contributed by atoms with Crippen LogP contribution >= 0.6 is 11.6 Å². The molecule has 0 saturated carbocycles. The molecule has 3 aromatic rings. The highest BCUT2D eigenvalue weighted by Crippen LogP contribution is 2.23. The number of hydrogen-bond acceptors (Lipinski definition) is 4. The van der Waals surface area contributed by atoms with Crippen molar-refractivity contribution in [3.8, 4) is 0 Å². The van der Waals surface area contributed by atoms with Crippen LogP contribution in [0.4, 0.5) is 16.2 Å². The second-order valence-corrected chi connectivity index (χ2v) is 12.1. The lowest BCUT2D eigenvalue weighted by atomic mass is 9.90. The molecule has 1 aliphatic heterocycles. The third kappa shape index (κ3) is 8.06. The Morgan fingerprint density at radius 1 is 0.973 bits per heavy atom. The van der Waals surface area contributed by atoms with Crippen LogP contribution in [0.25, 0.3) is 0 Å². The highest BCUT2D eigenvalue weighted by molar-refractivity contribution is 7.90. The number of para-hydroxylation sites is 1. The number of carbonyl (C=O) groups excluding carboxylic acids is 1. The number of amides is 2. The highest BCUT2D eigenvalue weighted by Gasteiger charge is 2.21. The van der Waals surface area contributed by atoms with Gasteiger partial charge in [-0.3, -0.25) is 4.90 Å². The van der Waals surface area contributed by atoms with Crippen LogP contribution in [0.2, 0.25) is 5.02 Å². The first-order chi connectivity index (χ1) is 17.8. The van der Waals surface area contributed by atoms with E-state index in [0.29, 0.717) is 28.1 Å². The fraction of sp³-hybridized carbons (Fsp3) is 0.345. The van der Waals surface area contributed by atoms with E-state index >= 15 is 0 Å². The van der Waals surface area contributed by atoms with Crippen LogP contribution in [-0.4, -0.2) is 51.8 Å². The van der Waals surface area contributed by atoms with E-state index in [2.05, 4.69) is 10.2 Å². The minimum Gasteiger partial charge on any atom is -0.308 e. The van der Waals surface area contributed by atoms with E-state index in [1.54, 1.807) is 41.3 Å². The SMILES string of the molecule is CS(=O)(=O)c1ccc(CC2CCN(CCCN(C(=O)Nc3ccc(Cl)cc3)c3ccccc3)CC2)cc1. The first-order valence-corrected chi connectivity index (χ1v) is 15.0. The van der Waals surface area contributed by atoms with Crippen LogP contribution in [0.15, 0.2) is 83.8 Å². The smallest absolute Gasteiger partial charge is 0.308 e. The zero-order chi connectivity index (χ0) is 26.3. The molecule has 1 heterocycles. The van der Waals surface area contributed by atoms with Gasteiger partial charge in [0, 0.05) is 29.2 Å². The van der Waals surface area contributed by atoms with Crippen molar-refractivity contribution in [3.63, 3.8) is 0 Å². The van der Waals surface area contributed by atoms with Crippen molar-refractivity contribution in [2.75, 3.05) is 42.7 Å². The first kappa shape index (κ1) is 27.2. The van der Waals surface area contributed by atoms with Gasteiger partial charge >= 0.3 is 6.03 Å². The Labute approximate surface area is 225 Å². The van der Waals surface area contributed by atoms with Crippen LogP contribution in [0.3, 0.4) is 0 Å². The molecule has 0 radical (unpaired) electrons. The molecule has 8 heteroatoms. The zero-order valence-electron chi connectivity index (χ0n) is 21.1. The molecule has 0 spiro atoms. The molecule has 1 N–H and O–H groups in total. The Morgan fingerprint density at radius 2 is 1.62 bits per heavy atom. The molecule has 6 nitrogen and oxygen atoms in total. The van der Waals surface area contributed by atoms with Crippen LogP contribution in [0, 0.1) is 5.92 Å². The molecular weight excluding hydrogens is 506 g/mol. The maximum Gasteiger partial charge on any atom is 0.326 e. The van der Waals surface area contributed by atoms with E-state index in [0.717, 1.165) is 51.0 Å². The number of anilines is 2. The maximum absolute atomic E-state index is 13.1. The van der Waals surface area contributed by atoms with Gasteiger partial charge in [-0.2, -0.15) is 0 Å². The lowest BCUT2D eigenvalue weighted by Crippen LogP contribution is -2.39. The third-order valence-electron chi connectivity index (χ3n) is 6.85. The van der Waals surface area contributed by atoms with E-state index < -0.39 is 9.84 Å². The van der Waals surface area contributed by atoms with Crippen LogP contribution < -0.4 is 10.2 Å². The van der Waals surface area contributed by atoms with Gasteiger partial charge in [0.05, 0.1) is 4.90 Å². The van der Waals surface area contributed by atoms with Gasteiger partial charge in [0.2, 0.25) is 0 Å². The normalized spacial score (nSPS) is 14.9. The minimum atomic E-state index is -3.16. The number of hydrogen-bond donors (Lipinski definition) is 1. The summed E-state index contributed by atoms with van der Waals surface area (Å²) in [5, 5.41) is 3.61. The average Bonchev–Trinajstić information content (AvgIpc) is 2.89. The van der Waals surface area contributed by atoms with Gasteiger partial charge in [0.25, 0.3) is 0 Å². The fourth-order valence-corrected chi connectivity index (χ4v) is 5.51. The molecule has 0 aliphatic carbocycles. The van der Waals surface area contributed by atoms with E-state index in [4.69, 9.17) is 11.6 Å². The summed E-state index contributed by atoms with van der Waals surface area (Å²) >= 11 is 5.97. The lowest BCUT2D eigenvalue weighted by Gasteiger charge is -2.32. The van der Waals surface area contributed by atoms with E-state index in [9.17, 15) is 13.2 Å². The molecule has 0 bridgehead atoms. The van der Waals surface area contributed by atoms with Crippen LogP contribution in [0.5, 0.6) is 0 Å². The summed E-state index contributed by atoms with van der Waals surface area (Å²) in [4.78, 5) is 17.7. The number of carbonyl (C=O) groups is 1. The van der Waals surface area contributed by atoms with Crippen molar-refractivity contribution >= 4 is 38.8 Å². The molecule has 1 aliphatic rings. The van der Waals surface area contributed by atoms with Crippen LogP contribution in [-0.2, 0) is 16.3 Å². The topological polar surface area (TPSA) is 69.7 Å². The fourth-order valence-electron chi connectivity index (χ4n) is 4.75. The Hall–Kier alpha value is -2.87. The Balaban J connectivity index is 1.26. The molecule has 1 saturated heterocycles. The van der Waals surface area contributed by atoms with Gasteiger partial charge in [-0.25, -0.2) is 13.2 Å². The van der Waals surface area contributed by atoms with Gasteiger partial charge in [0.15, 0.2) is 9.84 Å². The molecule has 196 valence electrons. The Kier molecular flexibility index (Phi) is 9.24. The van der Waals surface area contributed by atoms with Crippen molar-refractivity contribution < 1.29 is 13.2 Å². The standard InChI is InChI=1S/C29H34ClN3O3S/c1-37(35,36)28-14-8-23(9-15-28)22-24-16-20-32(21-17-24)18-5-19-33(27-6-3-2-4-7-27)29(34)31-26-12-10-25(30)11-13-26/h2-4,6-15,24H,5,16-22H2,1H3,(H,31,34). The Morgan fingerprint density at radius 3 is 2.24 bits per heavy atom. The lowest BCUT2D eigenvalue weighted by molar-refractivity contribution is 0.183. The number of benzene rings is 3. The molecule has 37 heavy (non-hydrogen) atoms. The number of sulfone groups is 1. The van der Waals surface area contributed by atoms with Crippen LogP contribution in [0.1, 0.15) is 24.8 Å². The molecule has 2 amide bonds. The third-order valence-corrected chi connectivity index (χ3v) is 8.23. The molecule has 4 rings (SSSR count). The monoisotopic (exact) mass is 539 g/mol. The number of halogens is 1. The summed E-state index contributed by atoms with van der Waals surface area (Å²) in [6.07, 6.45) is 5.33. The quantitative estimate of drug-likeness (QED) is 0.355. The van der Waals surface area contributed by atoms with Crippen molar-refractivity contribution in [1.82, 2.24) is 4.90 Å². The molecule has 1 fully saturated rings. The number of piperidine rings is 1. The van der Waals surface area contributed by atoms with E-state index in [1.165, 1.54) is 11.8 Å². The van der Waals surface area contributed by atoms with Gasteiger partial charge in [-0.1, -0.05) is 41.9 Å². The molecule has 3 aromatic carbocycles. The predicted molar refractivity (Wildman–Crippen MR) is 151 cm³/mol. The number of urea groups is 1. The Bertz CT molecular complexity index is 1260. The van der Waals surface area contributed by atoms with Crippen molar-refractivity contribution in [1.29, 1.82) is 0 Å². The van der Waals surface area contributed by atoms with Crippen molar-refractivity contribution in [3.05, 3.63) is 89.4 Å². The summed E-state index contributed by atoms with van der Waals surface area (Å²) in [7, 11) is -3.16. The van der Waals surface area contributed by atoms with Gasteiger partial charge in [0.1, 0.15) is 0 Å². The van der Waals surface area contributed by atoms with Gasteiger partial charge in [-0.15, -0.1) is 0 Å². The minimum absolute atomic E-state index is 0.158. The maximum atomic E-state index is 13.1. The first-order valence-electron chi connectivity index (χ1n) is 12.7. The zero-order valence-corrected chi connectivity index (χ0v) is 22.7. The molecular formula is C29H34ClN3O3S. The van der Waals surface area contributed by atoms with Crippen molar-refractivity contribution in [2.24, 2.45) is 5.92 Å². The van der Waals surface area contributed by atoms with E-state index in [1.807, 2.05) is 42.5 Å². The summed E-state index contributed by atoms with van der Waals surface area (Å²) in [5.41, 5.74) is 2.77. The molecule has 0 unspecified atom stereocenters.